The number of carbonyl (C=O) groups excluding carboxylic acids is 2. The molecular weight excluding hydrogens is 354 g/mol. The van der Waals surface area contributed by atoms with Crippen LogP contribution in [-0.2, 0) is 4.79 Å². The average Bonchev–Trinajstić information content (AvgIpc) is 2.97. The van der Waals surface area contributed by atoms with Crippen LogP contribution in [0.3, 0.4) is 0 Å². The third kappa shape index (κ3) is 2.97. The van der Waals surface area contributed by atoms with Gasteiger partial charge >= 0.3 is 0 Å². The van der Waals surface area contributed by atoms with Crippen molar-refractivity contribution < 1.29 is 14.7 Å². The Morgan fingerprint density at radius 2 is 1.86 bits per heavy atom. The highest BCUT2D eigenvalue weighted by Gasteiger charge is 2.36. The summed E-state index contributed by atoms with van der Waals surface area (Å²) in [6.07, 6.45) is 0.0755. The number of hydrogen-bond donors (Lipinski definition) is 2. The van der Waals surface area contributed by atoms with Gasteiger partial charge in [-0.3, -0.25) is 9.59 Å². The molecule has 0 spiro atoms. The monoisotopic (exact) mass is 375 g/mol. The number of benzene rings is 2. The van der Waals surface area contributed by atoms with Crippen molar-refractivity contribution in [2.75, 3.05) is 5.32 Å². The number of hydrogen-bond acceptors (Lipinski definition) is 4. The van der Waals surface area contributed by atoms with Crippen LogP contribution in [0.2, 0.25) is 0 Å². The molecule has 0 bridgehead atoms. The van der Waals surface area contributed by atoms with Gasteiger partial charge in [-0.05, 0) is 56.7 Å². The second-order valence-electron chi connectivity index (χ2n) is 7.27. The van der Waals surface area contributed by atoms with Crippen molar-refractivity contribution in [3.05, 3.63) is 70.4 Å². The minimum absolute atomic E-state index is 0.0755. The molecule has 1 aromatic heterocycles. The molecule has 1 aliphatic rings. The molecule has 2 aromatic carbocycles. The van der Waals surface area contributed by atoms with Crippen LogP contribution in [-0.4, -0.2) is 26.6 Å². The summed E-state index contributed by atoms with van der Waals surface area (Å²) in [5.74, 6) is -0.321. The van der Waals surface area contributed by atoms with Crippen molar-refractivity contribution in [1.29, 1.82) is 0 Å². The first-order chi connectivity index (χ1) is 13.3. The third-order valence-corrected chi connectivity index (χ3v) is 5.15. The maximum atomic E-state index is 13.1. The first-order valence-electron chi connectivity index (χ1n) is 9.15. The topological polar surface area (TPSA) is 84.2 Å². The fourth-order valence-electron chi connectivity index (χ4n) is 3.82. The molecule has 1 atom stereocenters. The first kappa shape index (κ1) is 18.0. The summed E-state index contributed by atoms with van der Waals surface area (Å²) < 4.78 is 1.72. The van der Waals surface area contributed by atoms with Gasteiger partial charge in [-0.1, -0.05) is 17.7 Å². The van der Waals surface area contributed by atoms with Crippen LogP contribution in [0.5, 0.6) is 5.75 Å². The molecule has 6 heteroatoms. The van der Waals surface area contributed by atoms with Gasteiger partial charge in [0.1, 0.15) is 11.6 Å². The summed E-state index contributed by atoms with van der Waals surface area (Å²) in [5.41, 5.74) is 4.97. The molecule has 28 heavy (non-hydrogen) atoms. The Bertz CT molecular complexity index is 1100. The maximum Gasteiger partial charge on any atom is 0.226 e. The predicted molar refractivity (Wildman–Crippen MR) is 106 cm³/mol. The second kappa shape index (κ2) is 6.64. The number of phenolic OH excluding ortho intramolecular Hbond substituents is 1. The summed E-state index contributed by atoms with van der Waals surface area (Å²) in [4.78, 5) is 25.5. The van der Waals surface area contributed by atoms with E-state index in [4.69, 9.17) is 0 Å². The lowest BCUT2D eigenvalue weighted by atomic mass is 9.85. The van der Waals surface area contributed by atoms with E-state index < -0.39 is 5.92 Å². The van der Waals surface area contributed by atoms with Crippen LogP contribution >= 0.6 is 0 Å². The number of amides is 1. The van der Waals surface area contributed by atoms with Gasteiger partial charge in [-0.2, -0.15) is 5.10 Å². The minimum atomic E-state index is -0.604. The number of nitrogens with zero attached hydrogens (tertiary/aromatic N) is 2. The number of fused-ring (bicyclic) bond motifs is 1. The van der Waals surface area contributed by atoms with Crippen LogP contribution < -0.4 is 5.32 Å². The number of Topliss-reactive ketones (excluding diaryl/α,β-unsaturated/α-hetero) is 1. The summed E-state index contributed by atoms with van der Waals surface area (Å²) in [6, 6.07) is 12.1. The molecule has 6 nitrogen and oxygen atoms in total. The van der Waals surface area contributed by atoms with E-state index in [9.17, 15) is 14.7 Å². The van der Waals surface area contributed by atoms with Gasteiger partial charge in [0.15, 0.2) is 5.78 Å². The number of aromatic nitrogens is 2. The van der Waals surface area contributed by atoms with Gasteiger partial charge in [0, 0.05) is 17.5 Å². The van der Waals surface area contributed by atoms with Gasteiger partial charge < -0.3 is 10.4 Å². The van der Waals surface area contributed by atoms with Crippen LogP contribution in [0.15, 0.2) is 42.5 Å². The van der Waals surface area contributed by atoms with Crippen LogP contribution in [0, 0.1) is 20.8 Å². The number of aromatic hydroxyl groups is 1. The van der Waals surface area contributed by atoms with E-state index >= 15 is 0 Å². The van der Waals surface area contributed by atoms with E-state index in [1.165, 1.54) is 12.1 Å². The normalized spacial score (nSPS) is 15.8. The van der Waals surface area contributed by atoms with Crippen molar-refractivity contribution in [3.8, 4) is 11.4 Å². The smallest absolute Gasteiger partial charge is 0.226 e. The van der Waals surface area contributed by atoms with E-state index in [-0.39, 0.29) is 23.9 Å². The maximum absolute atomic E-state index is 13.1. The van der Waals surface area contributed by atoms with Gasteiger partial charge in [0.2, 0.25) is 5.91 Å². The van der Waals surface area contributed by atoms with Gasteiger partial charge in [-0.15, -0.1) is 0 Å². The van der Waals surface area contributed by atoms with Crippen LogP contribution in [0.25, 0.3) is 5.69 Å². The Morgan fingerprint density at radius 3 is 2.54 bits per heavy atom. The minimum Gasteiger partial charge on any atom is -0.508 e. The summed E-state index contributed by atoms with van der Waals surface area (Å²) >= 11 is 0. The summed E-state index contributed by atoms with van der Waals surface area (Å²) in [5, 5.41) is 17.0. The van der Waals surface area contributed by atoms with E-state index in [0.29, 0.717) is 17.1 Å². The SMILES string of the molecule is Cc1ccc(-n2nc(C)c3c2NC(=O)C[C@H]3C(=O)c2ccc(O)cc2)c(C)c1. The summed E-state index contributed by atoms with van der Waals surface area (Å²) in [7, 11) is 0. The fraction of sp³-hybridized carbons (Fsp3) is 0.227. The predicted octanol–water partition coefficient (Wildman–Crippen LogP) is 3.81. The zero-order valence-electron chi connectivity index (χ0n) is 16.0. The quantitative estimate of drug-likeness (QED) is 0.682. The second-order valence-corrected chi connectivity index (χ2v) is 7.27. The van der Waals surface area contributed by atoms with E-state index in [2.05, 4.69) is 16.5 Å². The number of rotatable bonds is 3. The highest BCUT2D eigenvalue weighted by atomic mass is 16.3. The van der Waals surface area contributed by atoms with Crippen molar-refractivity contribution in [2.24, 2.45) is 0 Å². The molecule has 142 valence electrons. The molecule has 2 heterocycles. The number of phenols is 1. The molecule has 4 rings (SSSR count). The number of carbonyl (C=O) groups is 2. The largest absolute Gasteiger partial charge is 0.508 e. The number of nitrogens with one attached hydrogen (secondary N) is 1. The van der Waals surface area contributed by atoms with E-state index in [0.717, 1.165) is 22.4 Å². The fourth-order valence-corrected chi connectivity index (χ4v) is 3.82. The standard InChI is InChI=1S/C22H21N3O3/c1-12-4-9-18(13(2)10-12)25-22-20(14(3)24-25)17(11-19(27)23-22)21(28)15-5-7-16(26)8-6-15/h4-10,17,26H,11H2,1-3H3,(H,23,27)/t17-/m1/s1. The number of ketones is 1. The molecule has 1 amide bonds. The Morgan fingerprint density at radius 1 is 1.14 bits per heavy atom. The highest BCUT2D eigenvalue weighted by Crippen LogP contribution is 2.38. The van der Waals surface area contributed by atoms with E-state index in [1.807, 2.05) is 32.9 Å². The number of aryl methyl sites for hydroxylation is 3. The molecule has 2 N–H and O–H groups in total. The lowest BCUT2D eigenvalue weighted by molar-refractivity contribution is -0.116. The lowest BCUT2D eigenvalue weighted by Gasteiger charge is -2.23. The zero-order valence-corrected chi connectivity index (χ0v) is 16.0. The number of anilines is 1. The molecule has 0 aliphatic carbocycles. The van der Waals surface area contributed by atoms with Crippen molar-refractivity contribution in [3.63, 3.8) is 0 Å². The Kier molecular flexibility index (Phi) is 4.26. The van der Waals surface area contributed by atoms with Crippen LogP contribution in [0.4, 0.5) is 5.82 Å². The molecule has 0 saturated heterocycles. The third-order valence-electron chi connectivity index (χ3n) is 5.15. The molecule has 0 unspecified atom stereocenters. The lowest BCUT2D eigenvalue weighted by Crippen LogP contribution is -2.28. The average molecular weight is 375 g/mol. The molecular formula is C22H21N3O3. The van der Waals surface area contributed by atoms with Gasteiger partial charge in [0.05, 0.1) is 17.3 Å². The Labute approximate surface area is 162 Å². The highest BCUT2D eigenvalue weighted by molar-refractivity contribution is 6.08. The molecule has 0 saturated carbocycles. The molecule has 3 aromatic rings. The van der Waals surface area contributed by atoms with Gasteiger partial charge in [-0.25, -0.2) is 4.68 Å². The summed E-state index contributed by atoms with van der Waals surface area (Å²) in [6.45, 7) is 5.87. The molecule has 1 aliphatic heterocycles. The zero-order chi connectivity index (χ0) is 20.0. The molecule has 0 radical (unpaired) electrons. The van der Waals surface area contributed by atoms with Crippen molar-refractivity contribution in [1.82, 2.24) is 9.78 Å². The Hall–Kier alpha value is -3.41. The van der Waals surface area contributed by atoms with Crippen molar-refractivity contribution >= 4 is 17.5 Å². The van der Waals surface area contributed by atoms with Crippen LogP contribution in [0.1, 0.15) is 45.1 Å². The van der Waals surface area contributed by atoms with Crippen molar-refractivity contribution in [2.45, 2.75) is 33.1 Å². The molecule has 0 fully saturated rings. The first-order valence-corrected chi connectivity index (χ1v) is 9.15. The van der Waals surface area contributed by atoms with Gasteiger partial charge in [0.25, 0.3) is 0 Å². The Balaban J connectivity index is 1.83. The van der Waals surface area contributed by atoms with E-state index in [1.54, 1.807) is 16.8 Å².